The van der Waals surface area contributed by atoms with Crippen molar-refractivity contribution in [3.8, 4) is 12.3 Å². The molecule has 0 radical (unpaired) electrons. The van der Waals surface area contributed by atoms with Gasteiger partial charge in [-0.15, -0.1) is 12.3 Å². The first-order valence-corrected chi connectivity index (χ1v) is 31.2. The normalized spacial score (nSPS) is 12.3. The molecule has 10 aromatic carbocycles. The molecule has 5 atom stereocenters. The maximum absolute atomic E-state index is 13.8. The molecule has 0 amide bonds. The summed E-state index contributed by atoms with van der Waals surface area (Å²) in [5.74, 6) is 4.23. The Morgan fingerprint density at radius 1 is 0.391 bits per heavy atom. The summed E-state index contributed by atoms with van der Waals surface area (Å²) >= 11 is 8.99. The lowest BCUT2D eigenvalue weighted by molar-refractivity contribution is 0.261. The molecule has 10 aromatic rings. The van der Waals surface area contributed by atoms with Crippen LogP contribution in [0.3, 0.4) is 0 Å². The van der Waals surface area contributed by atoms with Gasteiger partial charge in [-0.25, -0.2) is 22.0 Å². The standard InChI is InChI=1S/C14H13F.C13H19F.C13H14.C12H11F.C11H11F.C9H11Br.C8H8ClF/c15-14(13-9-5-2-6-10-13)11-12-7-3-1-4-8-12;1-9(2)11-5-7-12(8-6-11)13(14)10(3)4;1-10(2)12-9-5-7-11-6-3-4-8-13(11)12;1-9(13)11-7-6-10-4-2-3-5-12(10)8-11;1-2-3-9-11(12)10-7-5-4-6-8-10;1-7(2)8-3-5-9(10)6-4-8;1-6(10)7-2-4-8(9)5-3-7/h1-10,14H,11H2;5-10,13H,1-4H3;3-10H,1-2H3;2-9H,1H3;1,4-8,11H,3,9H2;3-7H,1-2H3;2-6H,1H3. The van der Waals surface area contributed by atoms with Crippen molar-refractivity contribution in [2.45, 2.75) is 137 Å². The second-order valence-corrected chi connectivity index (χ2v) is 23.8. The summed E-state index contributed by atoms with van der Waals surface area (Å²) in [6, 6.07) is 79.9. The maximum atomic E-state index is 13.8. The van der Waals surface area contributed by atoms with Gasteiger partial charge in [-0.3, -0.25) is 0 Å². The van der Waals surface area contributed by atoms with E-state index < -0.39 is 30.9 Å². The molecule has 0 N–H and O–H groups in total. The van der Waals surface area contributed by atoms with E-state index in [1.165, 1.54) is 34.4 Å². The zero-order valence-corrected chi connectivity index (χ0v) is 54.6. The van der Waals surface area contributed by atoms with Gasteiger partial charge in [0.1, 0.15) is 30.9 Å². The average molecular weight is 1260 g/mol. The zero-order valence-electron chi connectivity index (χ0n) is 52.2. The molecule has 0 heterocycles. The highest BCUT2D eigenvalue weighted by Crippen LogP contribution is 2.29. The van der Waals surface area contributed by atoms with Crippen molar-refractivity contribution in [2.75, 3.05) is 0 Å². The van der Waals surface area contributed by atoms with Crippen LogP contribution in [0.1, 0.15) is 181 Å². The highest BCUT2D eigenvalue weighted by atomic mass is 79.9. The van der Waals surface area contributed by atoms with Gasteiger partial charge in [0.15, 0.2) is 0 Å². The van der Waals surface area contributed by atoms with E-state index in [1.54, 1.807) is 43.3 Å². The van der Waals surface area contributed by atoms with E-state index in [4.69, 9.17) is 18.0 Å². The zero-order chi connectivity index (χ0) is 63.7. The maximum Gasteiger partial charge on any atom is 0.129 e. The van der Waals surface area contributed by atoms with Gasteiger partial charge in [0.25, 0.3) is 0 Å². The second kappa shape index (κ2) is 39.5. The number of fused-ring (bicyclic) bond motifs is 2. The van der Waals surface area contributed by atoms with Gasteiger partial charge < -0.3 is 0 Å². The van der Waals surface area contributed by atoms with E-state index in [1.807, 2.05) is 159 Å². The molecule has 0 aliphatic carbocycles. The highest BCUT2D eigenvalue weighted by Gasteiger charge is 2.14. The lowest BCUT2D eigenvalue weighted by atomic mass is 9.96. The van der Waals surface area contributed by atoms with Crippen molar-refractivity contribution in [1.82, 2.24) is 0 Å². The van der Waals surface area contributed by atoms with Crippen molar-refractivity contribution < 1.29 is 22.0 Å². The first-order valence-electron chi connectivity index (χ1n) is 30.0. The fourth-order valence-electron chi connectivity index (χ4n) is 8.87. The molecule has 7 heteroatoms. The SMILES string of the molecule is C#CCCC(F)c1ccccc1.CC(C)c1ccc(Br)cc1.CC(C)c1ccc(C(F)C(C)C)cc1.CC(C)c1cccc2ccccc12.CC(F)c1ccc(Cl)cc1.CC(F)c1ccc2ccccc2c1.FC(Cc1ccccc1)c1ccccc1. The molecule has 0 aromatic heterocycles. The fourth-order valence-corrected chi connectivity index (χ4v) is 9.26. The Morgan fingerprint density at radius 2 is 0.816 bits per heavy atom. The van der Waals surface area contributed by atoms with Crippen LogP contribution in [0.4, 0.5) is 22.0 Å². The molecule has 5 unspecified atom stereocenters. The van der Waals surface area contributed by atoms with Gasteiger partial charge in [-0.1, -0.05) is 301 Å². The Morgan fingerprint density at radius 3 is 1.31 bits per heavy atom. The van der Waals surface area contributed by atoms with E-state index in [9.17, 15) is 22.0 Å². The van der Waals surface area contributed by atoms with Crippen LogP contribution in [-0.2, 0) is 6.42 Å². The minimum atomic E-state index is -0.915. The monoisotopic (exact) mass is 1260 g/mol. The minimum Gasteiger partial charge on any atom is -0.243 e. The van der Waals surface area contributed by atoms with Crippen LogP contribution in [0.15, 0.2) is 253 Å². The summed E-state index contributed by atoms with van der Waals surface area (Å²) in [6.07, 6.45) is 1.95. The number of halogens is 7. The summed E-state index contributed by atoms with van der Waals surface area (Å²) in [4.78, 5) is 0. The second-order valence-electron chi connectivity index (χ2n) is 22.5. The summed E-state index contributed by atoms with van der Waals surface area (Å²) in [6.45, 7) is 20.0. The molecule has 0 aliphatic rings. The van der Waals surface area contributed by atoms with Crippen LogP contribution in [0, 0.1) is 18.3 Å². The summed E-state index contributed by atoms with van der Waals surface area (Å²) in [5.41, 5.74) is 8.82. The first kappa shape index (κ1) is 72.2. The predicted octanol–water partition coefficient (Wildman–Crippen LogP) is 26.3. The van der Waals surface area contributed by atoms with Crippen LogP contribution >= 0.6 is 27.5 Å². The van der Waals surface area contributed by atoms with Gasteiger partial charge >= 0.3 is 0 Å². The van der Waals surface area contributed by atoms with Crippen LogP contribution < -0.4 is 0 Å². The largest absolute Gasteiger partial charge is 0.243 e. The number of hydrogen-bond acceptors (Lipinski definition) is 0. The highest BCUT2D eigenvalue weighted by molar-refractivity contribution is 9.10. The molecule has 0 bridgehead atoms. The van der Waals surface area contributed by atoms with Crippen LogP contribution in [0.5, 0.6) is 0 Å². The third kappa shape index (κ3) is 26.7. The van der Waals surface area contributed by atoms with Crippen LogP contribution in [-0.4, -0.2) is 0 Å². The first-order chi connectivity index (χ1) is 41.7. The predicted molar refractivity (Wildman–Crippen MR) is 369 cm³/mol. The molecular weight excluding hydrogens is 1170 g/mol. The topological polar surface area (TPSA) is 0 Å². The van der Waals surface area contributed by atoms with Crippen molar-refractivity contribution >= 4 is 49.1 Å². The van der Waals surface area contributed by atoms with Crippen molar-refractivity contribution in [3.63, 3.8) is 0 Å². The van der Waals surface area contributed by atoms with Crippen molar-refractivity contribution in [1.29, 1.82) is 0 Å². The quantitative estimate of drug-likeness (QED) is 0.0797. The lowest BCUT2D eigenvalue weighted by Crippen LogP contribution is -2.00. The molecule has 0 saturated heterocycles. The molecule has 456 valence electrons. The van der Waals surface area contributed by atoms with Gasteiger partial charge in [0.05, 0.1) is 0 Å². The van der Waals surface area contributed by atoms with Gasteiger partial charge in [-0.2, -0.15) is 0 Å². The van der Waals surface area contributed by atoms with Gasteiger partial charge in [-0.05, 0) is 146 Å². The van der Waals surface area contributed by atoms with Crippen molar-refractivity contribution in [2.24, 2.45) is 5.92 Å². The number of alkyl halides is 5. The molecule has 0 nitrogen and oxygen atoms in total. The molecule has 0 fully saturated rings. The molecule has 0 spiro atoms. The van der Waals surface area contributed by atoms with E-state index >= 15 is 0 Å². The number of hydrogen-bond donors (Lipinski definition) is 0. The van der Waals surface area contributed by atoms with Gasteiger partial charge in [0, 0.05) is 22.3 Å². The van der Waals surface area contributed by atoms with Gasteiger partial charge in [0.2, 0.25) is 0 Å². The third-order valence-corrected chi connectivity index (χ3v) is 15.0. The Kier molecular flexibility index (Phi) is 32.8. The summed E-state index contributed by atoms with van der Waals surface area (Å²) in [5, 5.41) is 5.63. The van der Waals surface area contributed by atoms with E-state index in [0.29, 0.717) is 53.2 Å². The molecule has 87 heavy (non-hydrogen) atoms. The number of rotatable bonds is 13. The van der Waals surface area contributed by atoms with E-state index in [0.717, 1.165) is 37.5 Å². The van der Waals surface area contributed by atoms with Crippen molar-refractivity contribution in [3.05, 3.63) is 308 Å². The van der Waals surface area contributed by atoms with Crippen LogP contribution in [0.2, 0.25) is 5.02 Å². The Bertz CT molecular complexity index is 3410. The minimum absolute atomic E-state index is 0.0555. The van der Waals surface area contributed by atoms with E-state index in [2.05, 4.69) is 130 Å². The number of terminal acetylenes is 1. The third-order valence-electron chi connectivity index (χ3n) is 14.2. The summed E-state index contributed by atoms with van der Waals surface area (Å²) in [7, 11) is 0. The fraction of sp³-hybridized carbons (Fsp3) is 0.275. The Balaban J connectivity index is 0.000000218. The van der Waals surface area contributed by atoms with Crippen LogP contribution in [0.25, 0.3) is 21.5 Å². The lowest BCUT2D eigenvalue weighted by Gasteiger charge is -2.13. The molecule has 0 saturated carbocycles. The molecule has 10 rings (SSSR count). The smallest absolute Gasteiger partial charge is 0.129 e. The number of benzene rings is 10. The molecular formula is C80H87BrClF5. The summed E-state index contributed by atoms with van der Waals surface area (Å²) < 4.78 is 67.3. The Labute approximate surface area is 531 Å². The van der Waals surface area contributed by atoms with E-state index in [-0.39, 0.29) is 5.92 Å². The molecule has 0 aliphatic heterocycles. The Hall–Kier alpha value is -7.30. The average Bonchev–Trinajstić information content (AvgIpc) is 3.73.